The van der Waals surface area contributed by atoms with Gasteiger partial charge in [0.2, 0.25) is 0 Å². The Balaban J connectivity index is 1.79. The lowest BCUT2D eigenvalue weighted by Gasteiger charge is -2.22. The maximum absolute atomic E-state index is 12.4. The predicted octanol–water partition coefficient (Wildman–Crippen LogP) is 3.68. The van der Waals surface area contributed by atoms with E-state index < -0.39 is 0 Å². The Morgan fingerprint density at radius 1 is 1.13 bits per heavy atom. The zero-order chi connectivity index (χ0) is 16.1. The highest BCUT2D eigenvalue weighted by Crippen LogP contribution is 2.21. The number of hydrogen-bond acceptors (Lipinski definition) is 3. The topological polar surface area (TPSA) is 65.8 Å². The number of nitrogens with one attached hydrogen (secondary N) is 1. The molecule has 1 N–H and O–H groups in total. The van der Waals surface area contributed by atoms with Gasteiger partial charge in [-0.1, -0.05) is 31.4 Å². The second-order valence-electron chi connectivity index (χ2n) is 5.96. The number of hydrogen-bond donors (Lipinski definition) is 1. The van der Waals surface area contributed by atoms with Gasteiger partial charge in [-0.25, -0.2) is 0 Å². The molecule has 1 heterocycles. The Labute approximate surface area is 136 Å². The number of benzene rings is 1. The molecule has 1 aliphatic carbocycles. The first-order valence-electron chi connectivity index (χ1n) is 8.03. The highest BCUT2D eigenvalue weighted by molar-refractivity contribution is 5.95. The molecule has 0 bridgehead atoms. The van der Waals surface area contributed by atoms with E-state index in [0.717, 1.165) is 24.0 Å². The third-order valence-corrected chi connectivity index (χ3v) is 4.27. The lowest BCUT2D eigenvalue weighted by atomic mass is 9.95. The first-order valence-corrected chi connectivity index (χ1v) is 8.03. The van der Waals surface area contributed by atoms with E-state index >= 15 is 0 Å². The van der Waals surface area contributed by atoms with Crippen molar-refractivity contribution in [2.24, 2.45) is 0 Å². The largest absolute Gasteiger partial charge is 0.349 e. The molecule has 4 heteroatoms. The number of nitriles is 1. The van der Waals surface area contributed by atoms with E-state index in [0.29, 0.717) is 11.1 Å². The van der Waals surface area contributed by atoms with Crippen molar-refractivity contribution in [2.75, 3.05) is 0 Å². The van der Waals surface area contributed by atoms with Crippen molar-refractivity contribution in [1.29, 1.82) is 5.26 Å². The molecule has 0 saturated heterocycles. The molecule has 1 aromatic heterocycles. The van der Waals surface area contributed by atoms with Gasteiger partial charge in [-0.3, -0.25) is 9.78 Å². The number of pyridine rings is 1. The van der Waals surface area contributed by atoms with Crippen molar-refractivity contribution < 1.29 is 4.79 Å². The maximum Gasteiger partial charge on any atom is 0.253 e. The molecule has 3 rings (SSSR count). The molecule has 1 amide bonds. The van der Waals surface area contributed by atoms with Crippen LogP contribution < -0.4 is 5.32 Å². The van der Waals surface area contributed by atoms with Gasteiger partial charge in [0.05, 0.1) is 17.2 Å². The monoisotopic (exact) mass is 305 g/mol. The fourth-order valence-electron chi connectivity index (χ4n) is 3.01. The van der Waals surface area contributed by atoms with Gasteiger partial charge in [-0.15, -0.1) is 0 Å². The molecule has 0 radical (unpaired) electrons. The minimum absolute atomic E-state index is 0.0670. The number of amides is 1. The minimum atomic E-state index is -0.0670. The van der Waals surface area contributed by atoms with Gasteiger partial charge in [0.15, 0.2) is 0 Å². The molecule has 0 atom stereocenters. The fraction of sp³-hybridized carbons (Fsp3) is 0.316. The third kappa shape index (κ3) is 3.75. The van der Waals surface area contributed by atoms with Crippen LogP contribution >= 0.6 is 0 Å². The van der Waals surface area contributed by atoms with Gasteiger partial charge in [0.25, 0.3) is 5.91 Å². The van der Waals surface area contributed by atoms with Crippen LogP contribution in [0.25, 0.3) is 11.1 Å². The van der Waals surface area contributed by atoms with E-state index in [-0.39, 0.29) is 11.9 Å². The fourth-order valence-corrected chi connectivity index (χ4v) is 3.01. The van der Waals surface area contributed by atoms with Crippen LogP contribution in [0.5, 0.6) is 0 Å². The van der Waals surface area contributed by atoms with Gasteiger partial charge in [0, 0.05) is 24.0 Å². The SMILES string of the molecule is N#Cc1cccc(-c2cncc(C(=O)NC3CCCCC3)c2)c1. The Morgan fingerprint density at radius 3 is 2.74 bits per heavy atom. The highest BCUT2D eigenvalue weighted by Gasteiger charge is 2.17. The van der Waals surface area contributed by atoms with Crippen molar-refractivity contribution in [3.05, 3.63) is 53.9 Å². The summed E-state index contributed by atoms with van der Waals surface area (Å²) in [5.41, 5.74) is 2.90. The molecule has 23 heavy (non-hydrogen) atoms. The molecule has 0 spiro atoms. The van der Waals surface area contributed by atoms with Crippen LogP contribution in [-0.2, 0) is 0 Å². The summed E-state index contributed by atoms with van der Waals surface area (Å²) in [6.45, 7) is 0. The van der Waals surface area contributed by atoms with Gasteiger partial charge in [-0.2, -0.15) is 5.26 Å². The lowest BCUT2D eigenvalue weighted by Crippen LogP contribution is -2.36. The van der Waals surface area contributed by atoms with Crippen LogP contribution in [0.15, 0.2) is 42.7 Å². The van der Waals surface area contributed by atoms with E-state index in [2.05, 4.69) is 16.4 Å². The molecule has 2 aromatic rings. The van der Waals surface area contributed by atoms with E-state index in [1.165, 1.54) is 19.3 Å². The highest BCUT2D eigenvalue weighted by atomic mass is 16.1. The number of carbonyl (C=O) groups is 1. The van der Waals surface area contributed by atoms with Crippen LogP contribution in [0.2, 0.25) is 0 Å². The summed E-state index contributed by atoms with van der Waals surface area (Å²) < 4.78 is 0. The van der Waals surface area contributed by atoms with E-state index in [9.17, 15) is 4.79 Å². The average Bonchev–Trinajstić information content (AvgIpc) is 2.63. The van der Waals surface area contributed by atoms with Gasteiger partial charge >= 0.3 is 0 Å². The molecule has 0 unspecified atom stereocenters. The molecule has 0 aliphatic heterocycles. The van der Waals surface area contributed by atoms with Gasteiger partial charge < -0.3 is 5.32 Å². The number of aromatic nitrogens is 1. The summed E-state index contributed by atoms with van der Waals surface area (Å²) in [6.07, 6.45) is 9.06. The Bertz CT molecular complexity index is 742. The van der Waals surface area contributed by atoms with Crippen molar-refractivity contribution in [2.45, 2.75) is 38.1 Å². The van der Waals surface area contributed by atoms with Gasteiger partial charge in [-0.05, 0) is 36.6 Å². The second kappa shape index (κ2) is 7.06. The summed E-state index contributed by atoms with van der Waals surface area (Å²) in [6, 6.07) is 11.6. The summed E-state index contributed by atoms with van der Waals surface area (Å²) in [7, 11) is 0. The molecule has 1 saturated carbocycles. The standard InChI is InChI=1S/C19H19N3O/c20-11-14-5-4-6-15(9-14)16-10-17(13-21-12-16)19(23)22-18-7-2-1-3-8-18/h4-6,9-10,12-13,18H,1-3,7-8H2,(H,22,23). The molecule has 4 nitrogen and oxygen atoms in total. The smallest absolute Gasteiger partial charge is 0.253 e. The van der Waals surface area contributed by atoms with E-state index in [1.807, 2.05) is 18.2 Å². The van der Waals surface area contributed by atoms with Gasteiger partial charge in [0.1, 0.15) is 0 Å². The molecule has 1 aliphatic rings. The van der Waals surface area contributed by atoms with Crippen LogP contribution in [0.1, 0.15) is 48.0 Å². The summed E-state index contributed by atoms with van der Waals surface area (Å²) in [5, 5.41) is 12.1. The quantitative estimate of drug-likeness (QED) is 0.940. The molecule has 1 aromatic carbocycles. The molecular weight excluding hydrogens is 286 g/mol. The van der Waals surface area contributed by atoms with Crippen LogP contribution in [-0.4, -0.2) is 16.9 Å². The second-order valence-corrected chi connectivity index (χ2v) is 5.96. The van der Waals surface area contributed by atoms with Crippen molar-refractivity contribution in [3.8, 4) is 17.2 Å². The first kappa shape index (κ1) is 15.2. The number of nitrogens with zero attached hydrogens (tertiary/aromatic N) is 2. The summed E-state index contributed by atoms with van der Waals surface area (Å²) >= 11 is 0. The maximum atomic E-state index is 12.4. The number of rotatable bonds is 3. The zero-order valence-electron chi connectivity index (χ0n) is 13.0. The molecule has 1 fully saturated rings. The van der Waals surface area contributed by atoms with Crippen molar-refractivity contribution in [3.63, 3.8) is 0 Å². The van der Waals surface area contributed by atoms with E-state index in [1.54, 1.807) is 24.5 Å². The lowest BCUT2D eigenvalue weighted by molar-refractivity contribution is 0.0927. The zero-order valence-corrected chi connectivity index (χ0v) is 13.0. The normalized spacial score (nSPS) is 14.9. The Kier molecular flexibility index (Phi) is 4.68. The summed E-state index contributed by atoms with van der Waals surface area (Å²) in [4.78, 5) is 16.6. The minimum Gasteiger partial charge on any atom is -0.349 e. The third-order valence-electron chi connectivity index (χ3n) is 4.27. The van der Waals surface area contributed by atoms with Crippen molar-refractivity contribution in [1.82, 2.24) is 10.3 Å². The summed E-state index contributed by atoms with van der Waals surface area (Å²) in [5.74, 6) is -0.0670. The molecular formula is C19H19N3O. The van der Waals surface area contributed by atoms with Crippen LogP contribution in [0.4, 0.5) is 0 Å². The van der Waals surface area contributed by atoms with Crippen LogP contribution in [0, 0.1) is 11.3 Å². The molecule has 116 valence electrons. The Morgan fingerprint density at radius 2 is 1.96 bits per heavy atom. The predicted molar refractivity (Wildman–Crippen MR) is 88.7 cm³/mol. The first-order chi connectivity index (χ1) is 11.3. The number of carbonyl (C=O) groups excluding carboxylic acids is 1. The average molecular weight is 305 g/mol. The Hall–Kier alpha value is -2.67. The van der Waals surface area contributed by atoms with Crippen molar-refractivity contribution >= 4 is 5.91 Å². The van der Waals surface area contributed by atoms with E-state index in [4.69, 9.17) is 5.26 Å². The van der Waals surface area contributed by atoms with Crippen LogP contribution in [0.3, 0.4) is 0 Å².